The van der Waals surface area contributed by atoms with Crippen molar-refractivity contribution in [2.75, 3.05) is 0 Å². The Labute approximate surface area is 119 Å². The van der Waals surface area contributed by atoms with Crippen molar-refractivity contribution in [3.05, 3.63) is 12.2 Å². The minimum atomic E-state index is -0.867. The molecule has 4 bridgehead atoms. The second-order valence-electron chi connectivity index (χ2n) is 7.71. The third kappa shape index (κ3) is 2.19. The molecule has 112 valence electrons. The van der Waals surface area contributed by atoms with E-state index in [1.165, 1.54) is 0 Å². The van der Waals surface area contributed by atoms with Crippen LogP contribution in [0.5, 0.6) is 0 Å². The van der Waals surface area contributed by atoms with Crippen molar-refractivity contribution in [2.45, 2.75) is 69.2 Å². The molecule has 0 aliphatic heterocycles. The number of carbonyl (C=O) groups is 1. The van der Waals surface area contributed by atoms with Gasteiger partial charge in [0.25, 0.3) is 0 Å². The Morgan fingerprint density at radius 3 is 2.15 bits per heavy atom. The summed E-state index contributed by atoms with van der Waals surface area (Å²) in [6.45, 7) is 7.60. The van der Waals surface area contributed by atoms with E-state index in [1.807, 2.05) is 13.8 Å². The molecule has 2 atom stereocenters. The largest absolute Gasteiger partial charge is 0.455 e. The lowest BCUT2D eigenvalue weighted by atomic mass is 9.50. The lowest BCUT2D eigenvalue weighted by Gasteiger charge is -2.62. The van der Waals surface area contributed by atoms with Gasteiger partial charge in [-0.25, -0.2) is 4.79 Å². The van der Waals surface area contributed by atoms with Gasteiger partial charge in [0.05, 0.1) is 11.2 Å². The smallest absolute Gasteiger partial charge is 0.334 e. The van der Waals surface area contributed by atoms with Gasteiger partial charge in [-0.1, -0.05) is 20.4 Å². The fourth-order valence-corrected chi connectivity index (χ4v) is 4.86. The maximum atomic E-state index is 12.2. The molecule has 4 heteroatoms. The van der Waals surface area contributed by atoms with E-state index in [0.717, 1.165) is 19.3 Å². The lowest BCUT2D eigenvalue weighted by molar-refractivity contribution is -0.260. The van der Waals surface area contributed by atoms with Crippen molar-refractivity contribution in [3.63, 3.8) is 0 Å². The van der Waals surface area contributed by atoms with Gasteiger partial charge in [0.15, 0.2) is 0 Å². The summed E-state index contributed by atoms with van der Waals surface area (Å²) < 4.78 is 5.75. The van der Waals surface area contributed by atoms with E-state index in [0.29, 0.717) is 24.8 Å². The molecule has 0 amide bonds. The minimum absolute atomic E-state index is 0.0441. The number of hydrogen-bond acceptors (Lipinski definition) is 4. The highest BCUT2D eigenvalue weighted by molar-refractivity contribution is 5.88. The van der Waals surface area contributed by atoms with Crippen LogP contribution in [0.15, 0.2) is 12.2 Å². The Bertz CT molecular complexity index is 449. The van der Waals surface area contributed by atoms with Crippen molar-refractivity contribution in [1.29, 1.82) is 0 Å². The number of esters is 1. The molecule has 4 aliphatic rings. The Morgan fingerprint density at radius 2 is 1.70 bits per heavy atom. The first kappa shape index (κ1) is 14.1. The number of aliphatic hydroxyl groups is 2. The molecule has 0 heterocycles. The molecular formula is C16H24O4. The standard InChI is InChI=1S/C16H24O4/c1-10(2)11(3)13(17)20-16-6-12-4-14(18,8-16)7-15(19,5-12)9-16/h10,12,18-19H,3-9H2,1-2H3. The summed E-state index contributed by atoms with van der Waals surface area (Å²) >= 11 is 0. The molecule has 0 aromatic heterocycles. The topological polar surface area (TPSA) is 66.8 Å². The zero-order valence-corrected chi connectivity index (χ0v) is 12.3. The first-order valence-corrected chi connectivity index (χ1v) is 7.51. The number of rotatable bonds is 3. The highest BCUT2D eigenvalue weighted by Gasteiger charge is 2.64. The summed E-state index contributed by atoms with van der Waals surface area (Å²) in [6.07, 6.45) is 3.53. The zero-order chi connectivity index (χ0) is 14.8. The lowest BCUT2D eigenvalue weighted by Crippen LogP contribution is -2.67. The Morgan fingerprint density at radius 1 is 1.15 bits per heavy atom. The average molecular weight is 280 g/mol. The van der Waals surface area contributed by atoms with Gasteiger partial charge in [0, 0.05) is 24.8 Å². The Hall–Kier alpha value is -0.870. The van der Waals surface area contributed by atoms with Crippen molar-refractivity contribution >= 4 is 5.97 Å². The highest BCUT2D eigenvalue weighted by Crippen LogP contribution is 2.60. The number of carbonyl (C=O) groups excluding carboxylic acids is 1. The summed E-state index contributed by atoms with van der Waals surface area (Å²) in [4.78, 5) is 12.2. The molecule has 2 unspecified atom stereocenters. The van der Waals surface area contributed by atoms with Gasteiger partial charge in [-0.15, -0.1) is 0 Å². The number of hydrogen-bond donors (Lipinski definition) is 2. The summed E-state index contributed by atoms with van der Waals surface area (Å²) in [6, 6.07) is 0. The molecule has 4 fully saturated rings. The zero-order valence-electron chi connectivity index (χ0n) is 12.3. The molecule has 2 N–H and O–H groups in total. The molecule has 4 nitrogen and oxygen atoms in total. The normalized spacial score (nSPS) is 45.8. The summed E-state index contributed by atoms with van der Waals surface area (Å²) in [5.74, 6) is -0.0851. The third-order valence-electron chi connectivity index (χ3n) is 5.23. The van der Waals surface area contributed by atoms with Gasteiger partial charge >= 0.3 is 5.97 Å². The molecule has 4 rings (SSSR count). The minimum Gasteiger partial charge on any atom is -0.455 e. The van der Waals surface area contributed by atoms with Crippen LogP contribution >= 0.6 is 0 Å². The molecule has 0 spiro atoms. The molecule has 0 saturated heterocycles. The molecule has 0 aromatic carbocycles. The second-order valence-corrected chi connectivity index (χ2v) is 7.71. The predicted octanol–water partition coefficient (Wildman–Crippen LogP) is 1.94. The monoisotopic (exact) mass is 280 g/mol. The van der Waals surface area contributed by atoms with E-state index >= 15 is 0 Å². The predicted molar refractivity (Wildman–Crippen MR) is 73.9 cm³/mol. The third-order valence-corrected chi connectivity index (χ3v) is 5.23. The van der Waals surface area contributed by atoms with Crippen molar-refractivity contribution in [3.8, 4) is 0 Å². The van der Waals surface area contributed by atoms with E-state index in [-0.39, 0.29) is 17.8 Å². The SMILES string of the molecule is C=C(C(=O)OC12CC3CC(O)(CC(O)(C3)C1)C2)C(C)C. The first-order valence-electron chi connectivity index (χ1n) is 7.51. The first-order chi connectivity index (χ1) is 9.14. The quantitative estimate of drug-likeness (QED) is 0.612. The van der Waals surface area contributed by atoms with Crippen molar-refractivity contribution in [2.24, 2.45) is 11.8 Å². The highest BCUT2D eigenvalue weighted by atomic mass is 16.6. The fraction of sp³-hybridized carbons (Fsp3) is 0.812. The molecule has 4 saturated carbocycles. The van der Waals surface area contributed by atoms with Crippen LogP contribution in [-0.2, 0) is 9.53 Å². The average Bonchev–Trinajstić information content (AvgIpc) is 2.21. The van der Waals surface area contributed by atoms with Crippen LogP contribution in [0.4, 0.5) is 0 Å². The van der Waals surface area contributed by atoms with Crippen LogP contribution in [0.3, 0.4) is 0 Å². The molecule has 0 aromatic rings. The van der Waals surface area contributed by atoms with Gasteiger partial charge in [-0.2, -0.15) is 0 Å². The summed E-state index contributed by atoms with van der Waals surface area (Å²) in [7, 11) is 0. The van der Waals surface area contributed by atoms with E-state index in [9.17, 15) is 15.0 Å². The summed E-state index contributed by atoms with van der Waals surface area (Å²) in [5.41, 5.74) is -1.97. The van der Waals surface area contributed by atoms with E-state index in [2.05, 4.69) is 6.58 Å². The number of ether oxygens (including phenoxy) is 1. The molecule has 20 heavy (non-hydrogen) atoms. The van der Waals surface area contributed by atoms with E-state index in [1.54, 1.807) is 0 Å². The molecular weight excluding hydrogens is 256 g/mol. The van der Waals surface area contributed by atoms with Crippen molar-refractivity contribution in [1.82, 2.24) is 0 Å². The van der Waals surface area contributed by atoms with Crippen LogP contribution in [0.25, 0.3) is 0 Å². The van der Waals surface area contributed by atoms with Gasteiger partial charge in [-0.05, 0) is 31.1 Å². The van der Waals surface area contributed by atoms with Crippen LogP contribution in [0, 0.1) is 11.8 Å². The van der Waals surface area contributed by atoms with Crippen LogP contribution < -0.4 is 0 Å². The van der Waals surface area contributed by atoms with Crippen LogP contribution in [0.1, 0.15) is 52.4 Å². The van der Waals surface area contributed by atoms with Gasteiger partial charge < -0.3 is 14.9 Å². The van der Waals surface area contributed by atoms with Gasteiger partial charge in [0.1, 0.15) is 5.60 Å². The van der Waals surface area contributed by atoms with E-state index in [4.69, 9.17) is 4.74 Å². The fourth-order valence-electron chi connectivity index (χ4n) is 4.86. The van der Waals surface area contributed by atoms with Crippen LogP contribution in [-0.4, -0.2) is 33.0 Å². The van der Waals surface area contributed by atoms with Gasteiger partial charge in [-0.3, -0.25) is 0 Å². The van der Waals surface area contributed by atoms with Crippen molar-refractivity contribution < 1.29 is 19.7 Å². The van der Waals surface area contributed by atoms with Gasteiger partial charge in [0.2, 0.25) is 0 Å². The maximum Gasteiger partial charge on any atom is 0.334 e. The Kier molecular flexibility index (Phi) is 2.87. The Balaban J connectivity index is 1.83. The van der Waals surface area contributed by atoms with Crippen LogP contribution in [0.2, 0.25) is 0 Å². The van der Waals surface area contributed by atoms with E-state index < -0.39 is 16.8 Å². The summed E-state index contributed by atoms with van der Waals surface area (Å²) in [5, 5.41) is 21.2. The molecule has 0 radical (unpaired) electrons. The molecule has 4 aliphatic carbocycles. The maximum absolute atomic E-state index is 12.2. The second kappa shape index (κ2) is 4.08.